The third-order valence-corrected chi connectivity index (χ3v) is 12.3. The van der Waals surface area contributed by atoms with Crippen LogP contribution in [0.5, 0.6) is 0 Å². The maximum absolute atomic E-state index is 5.36. The largest absolute Gasteiger partial charge is 0.208 e. The van der Waals surface area contributed by atoms with E-state index in [9.17, 15) is 0 Å². The number of nitrogens with zero attached hydrogens (tertiary/aromatic N) is 3. The lowest BCUT2D eigenvalue weighted by atomic mass is 9.91. The van der Waals surface area contributed by atoms with Crippen LogP contribution < -0.4 is 0 Å². The van der Waals surface area contributed by atoms with E-state index in [1.807, 2.05) is 23.5 Å². The van der Waals surface area contributed by atoms with E-state index < -0.39 is 0 Å². The van der Waals surface area contributed by atoms with E-state index >= 15 is 0 Å². The minimum absolute atomic E-state index is 0.616. The Morgan fingerprint density at radius 1 is 0.271 bits per heavy atom. The average Bonchev–Trinajstić information content (AvgIpc) is 3.71. The molecule has 276 valence electrons. The molecule has 2 heterocycles. The summed E-state index contributed by atoms with van der Waals surface area (Å²) in [5.74, 6) is 1.86. The minimum Gasteiger partial charge on any atom is -0.208 e. The molecule has 2 aromatic heterocycles. The van der Waals surface area contributed by atoms with Crippen LogP contribution in [0.15, 0.2) is 212 Å². The number of rotatable bonds is 7. The number of benzene rings is 9. The van der Waals surface area contributed by atoms with Crippen molar-refractivity contribution in [2.75, 3.05) is 0 Å². The Hall–Kier alpha value is -7.53. The molecule has 0 aliphatic rings. The van der Waals surface area contributed by atoms with Crippen LogP contribution in [0.3, 0.4) is 0 Å². The van der Waals surface area contributed by atoms with Crippen LogP contribution in [0.1, 0.15) is 0 Å². The summed E-state index contributed by atoms with van der Waals surface area (Å²) < 4.78 is 2.55. The molecule has 0 saturated carbocycles. The van der Waals surface area contributed by atoms with E-state index in [4.69, 9.17) is 15.0 Å². The molecule has 11 rings (SSSR count). The monoisotopic (exact) mass is 769 g/mol. The quantitative estimate of drug-likeness (QED) is 0.162. The Kier molecular flexibility index (Phi) is 8.68. The lowest BCUT2D eigenvalue weighted by Gasteiger charge is -2.15. The van der Waals surface area contributed by atoms with Gasteiger partial charge >= 0.3 is 0 Å². The summed E-state index contributed by atoms with van der Waals surface area (Å²) >= 11 is 1.84. The first-order valence-electron chi connectivity index (χ1n) is 19.8. The Bertz CT molecular complexity index is 3310. The zero-order valence-corrected chi connectivity index (χ0v) is 32.8. The molecule has 9 aromatic carbocycles. The van der Waals surface area contributed by atoms with Crippen molar-refractivity contribution in [1.82, 2.24) is 15.0 Å². The highest BCUT2D eigenvalue weighted by molar-refractivity contribution is 7.25. The molecule has 11 aromatic rings. The van der Waals surface area contributed by atoms with Gasteiger partial charge in [-0.05, 0) is 85.6 Å². The van der Waals surface area contributed by atoms with Gasteiger partial charge in [-0.15, -0.1) is 11.3 Å². The third kappa shape index (κ3) is 6.46. The number of aromatic nitrogens is 3. The van der Waals surface area contributed by atoms with Gasteiger partial charge in [0, 0.05) is 36.9 Å². The SMILES string of the molecule is c1ccc(-c2ccc(-c3nc(-c4cc(-c5cccc6ccccc56)cc(-c5cccc6sc7ccccc7c56)c4)nc(-c4ccccc4-c4ccccc4)n3)cc2)cc1. The molecule has 0 unspecified atom stereocenters. The van der Waals surface area contributed by atoms with E-state index in [0.717, 1.165) is 50.1 Å². The summed E-state index contributed by atoms with van der Waals surface area (Å²) in [6.45, 7) is 0. The van der Waals surface area contributed by atoms with Crippen molar-refractivity contribution in [3.8, 4) is 78.7 Å². The first kappa shape index (κ1) is 34.7. The molecule has 0 N–H and O–H groups in total. The summed E-state index contributed by atoms with van der Waals surface area (Å²) in [4.78, 5) is 15.9. The van der Waals surface area contributed by atoms with E-state index in [2.05, 4.69) is 200 Å². The predicted molar refractivity (Wildman–Crippen MR) is 248 cm³/mol. The molecular weight excluding hydrogens is 735 g/mol. The Labute approximate surface area is 346 Å². The molecule has 0 atom stereocenters. The smallest absolute Gasteiger partial charge is 0.164 e. The molecule has 0 fully saturated rings. The van der Waals surface area contributed by atoms with Crippen molar-refractivity contribution < 1.29 is 0 Å². The molecule has 0 spiro atoms. The normalized spacial score (nSPS) is 11.4. The number of hydrogen-bond acceptors (Lipinski definition) is 4. The Morgan fingerprint density at radius 3 is 1.56 bits per heavy atom. The van der Waals surface area contributed by atoms with Gasteiger partial charge in [0.1, 0.15) is 0 Å². The Balaban J connectivity index is 1.17. The van der Waals surface area contributed by atoms with Crippen LogP contribution in [0.25, 0.3) is 110 Å². The van der Waals surface area contributed by atoms with E-state index in [-0.39, 0.29) is 0 Å². The molecule has 0 aliphatic carbocycles. The number of hydrogen-bond donors (Lipinski definition) is 0. The molecule has 0 saturated heterocycles. The van der Waals surface area contributed by atoms with Gasteiger partial charge < -0.3 is 0 Å². The second kappa shape index (κ2) is 14.8. The molecule has 0 aliphatic heterocycles. The standard InChI is InChI=1S/C55H35N3S/c1-3-15-36(16-4-1)37-29-31-40(32-30-37)53-56-54(58-55(57-53)48-23-10-9-22-45(48)38-17-5-2-6-18-38)43-34-41(46-25-13-20-39-19-7-8-21-44(39)46)33-42(35-43)47-26-14-28-51-52(47)49-24-11-12-27-50(49)59-51/h1-35H. The fourth-order valence-electron chi connectivity index (χ4n) is 8.30. The molecular formula is C55H35N3S. The van der Waals surface area contributed by atoms with Crippen molar-refractivity contribution in [1.29, 1.82) is 0 Å². The second-order valence-electron chi connectivity index (χ2n) is 14.8. The van der Waals surface area contributed by atoms with Crippen LogP contribution in [-0.2, 0) is 0 Å². The van der Waals surface area contributed by atoms with E-state index in [1.54, 1.807) is 0 Å². The highest BCUT2D eigenvalue weighted by atomic mass is 32.1. The highest BCUT2D eigenvalue weighted by Crippen LogP contribution is 2.43. The third-order valence-electron chi connectivity index (χ3n) is 11.1. The van der Waals surface area contributed by atoms with Crippen LogP contribution in [-0.4, -0.2) is 15.0 Å². The van der Waals surface area contributed by atoms with Crippen molar-refractivity contribution in [3.63, 3.8) is 0 Å². The minimum atomic E-state index is 0.616. The van der Waals surface area contributed by atoms with Gasteiger partial charge in [-0.25, -0.2) is 15.0 Å². The van der Waals surface area contributed by atoms with Gasteiger partial charge in [-0.1, -0.05) is 182 Å². The van der Waals surface area contributed by atoms with Gasteiger partial charge in [0.25, 0.3) is 0 Å². The number of thiophene rings is 1. The van der Waals surface area contributed by atoms with Crippen molar-refractivity contribution in [2.45, 2.75) is 0 Å². The van der Waals surface area contributed by atoms with Crippen molar-refractivity contribution in [2.24, 2.45) is 0 Å². The van der Waals surface area contributed by atoms with E-state index in [0.29, 0.717) is 17.5 Å². The van der Waals surface area contributed by atoms with Crippen LogP contribution in [0.4, 0.5) is 0 Å². The highest BCUT2D eigenvalue weighted by Gasteiger charge is 2.19. The van der Waals surface area contributed by atoms with Gasteiger partial charge in [0.05, 0.1) is 0 Å². The van der Waals surface area contributed by atoms with Crippen LogP contribution in [0.2, 0.25) is 0 Å². The van der Waals surface area contributed by atoms with Gasteiger partial charge in [0.15, 0.2) is 17.5 Å². The summed E-state index contributed by atoms with van der Waals surface area (Å²) in [5.41, 5.74) is 11.8. The molecule has 3 nitrogen and oxygen atoms in total. The van der Waals surface area contributed by atoms with Crippen LogP contribution >= 0.6 is 11.3 Å². The van der Waals surface area contributed by atoms with Gasteiger partial charge in [-0.2, -0.15) is 0 Å². The number of fused-ring (bicyclic) bond motifs is 4. The maximum Gasteiger partial charge on any atom is 0.164 e. The summed E-state index contributed by atoms with van der Waals surface area (Å²) in [6.07, 6.45) is 0. The fourth-order valence-corrected chi connectivity index (χ4v) is 9.44. The molecule has 0 radical (unpaired) electrons. The van der Waals surface area contributed by atoms with Gasteiger partial charge in [0.2, 0.25) is 0 Å². The van der Waals surface area contributed by atoms with Crippen LogP contribution in [0, 0.1) is 0 Å². The topological polar surface area (TPSA) is 38.7 Å². The average molecular weight is 770 g/mol. The Morgan fingerprint density at radius 2 is 0.763 bits per heavy atom. The predicted octanol–water partition coefficient (Wildman–Crippen LogP) is 15.1. The van der Waals surface area contributed by atoms with Crippen molar-refractivity contribution >= 4 is 42.3 Å². The fraction of sp³-hybridized carbons (Fsp3) is 0. The molecule has 59 heavy (non-hydrogen) atoms. The second-order valence-corrected chi connectivity index (χ2v) is 15.8. The molecule has 0 bridgehead atoms. The molecule has 0 amide bonds. The maximum atomic E-state index is 5.36. The van der Waals surface area contributed by atoms with Crippen molar-refractivity contribution in [3.05, 3.63) is 212 Å². The first-order valence-corrected chi connectivity index (χ1v) is 20.7. The first-order chi connectivity index (χ1) is 29.2. The van der Waals surface area contributed by atoms with E-state index in [1.165, 1.54) is 42.1 Å². The summed E-state index contributed by atoms with van der Waals surface area (Å²) in [5, 5.41) is 4.93. The lowest BCUT2D eigenvalue weighted by Crippen LogP contribution is -2.01. The zero-order valence-electron chi connectivity index (χ0n) is 32.0. The van der Waals surface area contributed by atoms with Gasteiger partial charge in [-0.3, -0.25) is 0 Å². The summed E-state index contributed by atoms with van der Waals surface area (Å²) in [6, 6.07) is 75.2. The summed E-state index contributed by atoms with van der Waals surface area (Å²) in [7, 11) is 0. The molecule has 4 heteroatoms. The lowest BCUT2D eigenvalue weighted by molar-refractivity contribution is 1.07. The zero-order chi connectivity index (χ0) is 39.1.